The van der Waals surface area contributed by atoms with Crippen LogP contribution in [0.25, 0.3) is 16.7 Å². The lowest BCUT2D eigenvalue weighted by Gasteiger charge is -2.33. The number of rotatable bonds is 5. The number of hydrogen-bond donors (Lipinski definition) is 2. The van der Waals surface area contributed by atoms with Gasteiger partial charge in [0.15, 0.2) is 5.82 Å². The number of aromatic nitrogens is 4. The Bertz CT molecular complexity index is 1090. The molecule has 2 aromatic heterocycles. The zero-order valence-electron chi connectivity index (χ0n) is 18.9. The van der Waals surface area contributed by atoms with Crippen molar-refractivity contribution in [2.24, 2.45) is 0 Å². The van der Waals surface area contributed by atoms with Crippen LogP contribution in [0.3, 0.4) is 0 Å². The molecule has 3 aromatic rings. The molecule has 32 heavy (non-hydrogen) atoms. The molecule has 2 saturated heterocycles. The summed E-state index contributed by atoms with van der Waals surface area (Å²) in [5.74, 6) is 3.02. The Morgan fingerprint density at radius 3 is 2.75 bits per heavy atom. The van der Waals surface area contributed by atoms with Gasteiger partial charge in [0.05, 0.1) is 31.0 Å². The first-order valence-corrected chi connectivity index (χ1v) is 11.7. The van der Waals surface area contributed by atoms with E-state index in [-0.39, 0.29) is 12.7 Å². The lowest BCUT2D eigenvalue weighted by Crippen LogP contribution is -2.44. The van der Waals surface area contributed by atoms with E-state index in [1.165, 1.54) is 24.0 Å². The highest BCUT2D eigenvalue weighted by atomic mass is 16.5. The number of morpholine rings is 1. The number of fused-ring (bicyclic) bond motifs is 1. The maximum Gasteiger partial charge on any atom is 0.159 e. The number of aliphatic hydroxyl groups excluding tert-OH is 1. The van der Waals surface area contributed by atoms with Crippen molar-refractivity contribution < 1.29 is 9.84 Å². The number of aryl methyl sites for hydroxylation is 2. The first-order valence-electron chi connectivity index (χ1n) is 11.7. The number of piperidine rings is 1. The van der Waals surface area contributed by atoms with Crippen molar-refractivity contribution >= 4 is 16.7 Å². The summed E-state index contributed by atoms with van der Waals surface area (Å²) in [5.41, 5.74) is 3.85. The molecule has 0 saturated carbocycles. The minimum absolute atomic E-state index is 0.0116. The van der Waals surface area contributed by atoms with Gasteiger partial charge in [0, 0.05) is 31.0 Å². The fraction of sp³-hybridized carbons (Fsp3) is 0.542. The summed E-state index contributed by atoms with van der Waals surface area (Å²) in [6.07, 6.45) is 4.82. The van der Waals surface area contributed by atoms with Crippen LogP contribution in [-0.4, -0.2) is 70.4 Å². The summed E-state index contributed by atoms with van der Waals surface area (Å²) in [4.78, 5) is 11.8. The molecule has 0 spiro atoms. The van der Waals surface area contributed by atoms with Crippen LogP contribution < -0.4 is 10.2 Å². The third-order valence-corrected chi connectivity index (χ3v) is 6.68. The molecule has 1 aromatic carbocycles. The second-order valence-electron chi connectivity index (χ2n) is 8.82. The maximum absolute atomic E-state index is 9.53. The summed E-state index contributed by atoms with van der Waals surface area (Å²) >= 11 is 0. The van der Waals surface area contributed by atoms with Crippen LogP contribution in [0.15, 0.2) is 24.4 Å². The minimum atomic E-state index is -0.187. The zero-order chi connectivity index (χ0) is 22.1. The summed E-state index contributed by atoms with van der Waals surface area (Å²) < 4.78 is 7.57. The normalized spacial score (nSPS) is 20.2. The maximum atomic E-state index is 9.53. The van der Waals surface area contributed by atoms with E-state index >= 15 is 0 Å². The molecule has 2 fully saturated rings. The number of nitrogens with one attached hydrogen (secondary N) is 1. The van der Waals surface area contributed by atoms with Crippen LogP contribution in [0.4, 0.5) is 5.82 Å². The third kappa shape index (κ3) is 4.10. The second-order valence-corrected chi connectivity index (χ2v) is 8.82. The lowest BCUT2D eigenvalue weighted by molar-refractivity contribution is 0.00334. The topological polar surface area (TPSA) is 88.3 Å². The van der Waals surface area contributed by atoms with E-state index in [4.69, 9.17) is 19.8 Å². The van der Waals surface area contributed by atoms with Gasteiger partial charge in [-0.3, -0.25) is 0 Å². The molecule has 170 valence electrons. The summed E-state index contributed by atoms with van der Waals surface area (Å²) in [6.45, 7) is 8.38. The first-order chi connectivity index (χ1) is 15.7. The number of nitrogens with zero attached hydrogens (tertiary/aromatic N) is 5. The Balaban J connectivity index is 1.55. The van der Waals surface area contributed by atoms with Crippen molar-refractivity contribution in [2.45, 2.75) is 45.1 Å². The highest BCUT2D eigenvalue weighted by Crippen LogP contribution is 2.32. The molecule has 8 nitrogen and oxygen atoms in total. The van der Waals surface area contributed by atoms with E-state index in [1.54, 1.807) is 0 Å². The molecular weight excluding hydrogens is 404 g/mol. The monoisotopic (exact) mass is 436 g/mol. The van der Waals surface area contributed by atoms with Gasteiger partial charge in [-0.15, -0.1) is 0 Å². The SMILES string of the molecule is CCc1nc(N2CCOC(CO)C2)cc(-n2ncc3cc(C)c(C4CCNCC4)cc32)n1. The predicted molar refractivity (Wildman–Crippen MR) is 125 cm³/mol. The van der Waals surface area contributed by atoms with Crippen LogP contribution in [0.5, 0.6) is 0 Å². The summed E-state index contributed by atoms with van der Waals surface area (Å²) in [6, 6.07) is 6.58. The van der Waals surface area contributed by atoms with Gasteiger partial charge in [-0.1, -0.05) is 6.92 Å². The number of ether oxygens (including phenoxy) is 1. The van der Waals surface area contributed by atoms with Gasteiger partial charge >= 0.3 is 0 Å². The van der Waals surface area contributed by atoms with Crippen LogP contribution in [-0.2, 0) is 11.2 Å². The van der Waals surface area contributed by atoms with E-state index < -0.39 is 0 Å². The average Bonchev–Trinajstić information content (AvgIpc) is 3.26. The lowest BCUT2D eigenvalue weighted by atomic mass is 9.87. The zero-order valence-corrected chi connectivity index (χ0v) is 18.9. The highest BCUT2D eigenvalue weighted by Gasteiger charge is 2.23. The Morgan fingerprint density at radius 2 is 1.97 bits per heavy atom. The van der Waals surface area contributed by atoms with Gasteiger partial charge in [-0.25, -0.2) is 14.6 Å². The van der Waals surface area contributed by atoms with Crippen molar-refractivity contribution in [1.29, 1.82) is 0 Å². The van der Waals surface area contributed by atoms with Gasteiger partial charge in [0.2, 0.25) is 0 Å². The molecule has 0 aliphatic carbocycles. The third-order valence-electron chi connectivity index (χ3n) is 6.68. The summed E-state index contributed by atoms with van der Waals surface area (Å²) in [5, 5.41) is 18.8. The van der Waals surface area contributed by atoms with Crippen LogP contribution in [0.1, 0.15) is 42.6 Å². The fourth-order valence-electron chi connectivity index (χ4n) is 4.90. The molecular formula is C24H32N6O2. The number of benzene rings is 1. The van der Waals surface area contributed by atoms with E-state index in [9.17, 15) is 5.11 Å². The molecule has 2 N–H and O–H groups in total. The number of hydrogen-bond acceptors (Lipinski definition) is 7. The van der Waals surface area contributed by atoms with E-state index in [1.807, 2.05) is 16.9 Å². The second kappa shape index (κ2) is 9.13. The average molecular weight is 437 g/mol. The van der Waals surface area contributed by atoms with Crippen molar-refractivity contribution in [2.75, 3.05) is 44.3 Å². The number of anilines is 1. The molecule has 2 aliphatic rings. The summed E-state index contributed by atoms with van der Waals surface area (Å²) in [7, 11) is 0. The van der Waals surface area contributed by atoms with E-state index in [0.29, 0.717) is 19.1 Å². The van der Waals surface area contributed by atoms with Crippen molar-refractivity contribution in [3.63, 3.8) is 0 Å². The predicted octanol–water partition coefficient (Wildman–Crippen LogP) is 2.35. The van der Waals surface area contributed by atoms with Gasteiger partial charge in [-0.05, 0) is 62.0 Å². The smallest absolute Gasteiger partial charge is 0.159 e. The van der Waals surface area contributed by atoms with E-state index in [0.717, 1.165) is 54.4 Å². The Hall–Kier alpha value is -2.55. The molecule has 5 rings (SSSR count). The molecule has 4 heterocycles. The quantitative estimate of drug-likeness (QED) is 0.635. The first kappa shape index (κ1) is 21.3. The standard InChI is InChI=1S/C24H32N6O2/c1-3-22-27-23(29-8-9-32-19(14-29)15-31)12-24(28-22)30-21-11-20(17-4-6-25-7-5-17)16(2)10-18(21)13-26-30/h10-13,17,19,25,31H,3-9,14-15H2,1-2H3. The van der Waals surface area contributed by atoms with Gasteiger partial charge < -0.3 is 20.1 Å². The molecule has 1 atom stereocenters. The van der Waals surface area contributed by atoms with Gasteiger partial charge in [-0.2, -0.15) is 5.10 Å². The molecule has 1 unspecified atom stereocenters. The van der Waals surface area contributed by atoms with E-state index in [2.05, 4.69) is 36.2 Å². The fourth-order valence-corrected chi connectivity index (χ4v) is 4.90. The van der Waals surface area contributed by atoms with Crippen LogP contribution >= 0.6 is 0 Å². The molecule has 0 amide bonds. The molecule has 8 heteroatoms. The largest absolute Gasteiger partial charge is 0.394 e. The van der Waals surface area contributed by atoms with Crippen LogP contribution in [0.2, 0.25) is 0 Å². The minimum Gasteiger partial charge on any atom is -0.394 e. The van der Waals surface area contributed by atoms with Crippen molar-refractivity contribution in [3.05, 3.63) is 41.3 Å². The molecule has 2 aliphatic heterocycles. The highest BCUT2D eigenvalue weighted by molar-refractivity contribution is 5.82. The number of aliphatic hydroxyl groups is 1. The van der Waals surface area contributed by atoms with Gasteiger partial charge in [0.25, 0.3) is 0 Å². The van der Waals surface area contributed by atoms with Gasteiger partial charge in [0.1, 0.15) is 11.6 Å². The van der Waals surface area contributed by atoms with Crippen molar-refractivity contribution in [1.82, 2.24) is 25.1 Å². The Labute approximate surface area is 188 Å². The van der Waals surface area contributed by atoms with Crippen molar-refractivity contribution in [3.8, 4) is 5.82 Å². The molecule has 0 radical (unpaired) electrons. The molecule has 0 bridgehead atoms. The van der Waals surface area contributed by atoms with Crippen LogP contribution in [0, 0.1) is 6.92 Å². The Morgan fingerprint density at radius 1 is 1.16 bits per heavy atom. The Kier molecular flexibility index (Phi) is 6.08.